The van der Waals surface area contributed by atoms with Crippen LogP contribution in [-0.4, -0.2) is 11.5 Å². The van der Waals surface area contributed by atoms with Crippen LogP contribution in [0.5, 0.6) is 0 Å². The quantitative estimate of drug-likeness (QED) is 0.620. The summed E-state index contributed by atoms with van der Waals surface area (Å²) in [4.78, 5) is 10.5. The van der Waals surface area contributed by atoms with Crippen molar-refractivity contribution < 1.29 is 14.1 Å². The van der Waals surface area contributed by atoms with Crippen LogP contribution < -0.4 is 5.32 Å². The lowest BCUT2D eigenvalue weighted by atomic mass is 10.2. The highest BCUT2D eigenvalue weighted by Gasteiger charge is 2.13. The number of anilines is 1. The molecule has 0 unspecified atom stereocenters. The number of hydrogen-bond donors (Lipinski definition) is 1. The van der Waals surface area contributed by atoms with Crippen LogP contribution in [0.1, 0.15) is 18.2 Å². The van der Waals surface area contributed by atoms with Crippen LogP contribution in [0.2, 0.25) is 0 Å². The zero-order chi connectivity index (χ0) is 14.4. The second kappa shape index (κ2) is 6.72. The van der Waals surface area contributed by atoms with Gasteiger partial charge in [0.25, 0.3) is 5.69 Å². The Kier molecular flexibility index (Phi) is 4.73. The fourth-order valence-corrected chi connectivity index (χ4v) is 1.83. The third kappa shape index (κ3) is 3.58. The molecule has 1 aromatic carbocycles. The van der Waals surface area contributed by atoms with Crippen LogP contribution in [0.25, 0.3) is 0 Å². The minimum Gasteiger partial charge on any atom is -0.467 e. The van der Waals surface area contributed by atoms with Gasteiger partial charge < -0.3 is 14.5 Å². The van der Waals surface area contributed by atoms with Crippen LogP contribution in [0, 0.1) is 10.1 Å². The summed E-state index contributed by atoms with van der Waals surface area (Å²) in [5, 5.41) is 13.9. The van der Waals surface area contributed by atoms with Crippen molar-refractivity contribution in [2.75, 3.05) is 11.9 Å². The molecule has 0 atom stereocenters. The molecule has 1 aromatic heterocycles. The molecule has 6 heteroatoms. The van der Waals surface area contributed by atoms with Crippen LogP contribution in [-0.2, 0) is 18.0 Å². The van der Waals surface area contributed by atoms with Gasteiger partial charge in [0.1, 0.15) is 18.1 Å². The van der Waals surface area contributed by atoms with Gasteiger partial charge in [-0.25, -0.2) is 0 Å². The van der Waals surface area contributed by atoms with E-state index in [1.165, 1.54) is 6.07 Å². The van der Waals surface area contributed by atoms with E-state index in [1.54, 1.807) is 24.5 Å². The third-order valence-electron chi connectivity index (χ3n) is 2.72. The molecular formula is C14H16N2O4. The maximum Gasteiger partial charge on any atom is 0.292 e. The van der Waals surface area contributed by atoms with E-state index in [1.807, 2.05) is 13.0 Å². The van der Waals surface area contributed by atoms with Gasteiger partial charge in [-0.05, 0) is 36.8 Å². The number of benzene rings is 1. The maximum absolute atomic E-state index is 10.9. The fraction of sp³-hybridized carbons (Fsp3) is 0.286. The molecule has 0 saturated carbocycles. The SMILES string of the molecule is CCNc1cc(COCc2ccco2)ccc1[N+](=O)[O-]. The molecule has 106 valence electrons. The van der Waals surface area contributed by atoms with E-state index in [-0.39, 0.29) is 5.69 Å². The Morgan fingerprint density at radius 2 is 2.20 bits per heavy atom. The minimum absolute atomic E-state index is 0.0710. The first-order valence-electron chi connectivity index (χ1n) is 6.32. The standard InChI is InChI=1S/C14H16N2O4/c1-2-15-13-8-11(5-6-14(13)16(17)18)9-19-10-12-4-3-7-20-12/h3-8,15H,2,9-10H2,1H3. The summed E-state index contributed by atoms with van der Waals surface area (Å²) in [7, 11) is 0. The average molecular weight is 276 g/mol. The molecule has 1 heterocycles. The van der Waals surface area contributed by atoms with Crippen molar-refractivity contribution in [2.24, 2.45) is 0 Å². The van der Waals surface area contributed by atoms with Gasteiger partial charge in [0.05, 0.1) is 17.8 Å². The number of nitrogens with zero attached hydrogens (tertiary/aromatic N) is 1. The summed E-state index contributed by atoms with van der Waals surface area (Å²) in [6.07, 6.45) is 1.59. The lowest BCUT2D eigenvalue weighted by molar-refractivity contribution is -0.384. The third-order valence-corrected chi connectivity index (χ3v) is 2.72. The number of rotatable bonds is 7. The van der Waals surface area contributed by atoms with Crippen molar-refractivity contribution in [1.82, 2.24) is 0 Å². The molecule has 2 aromatic rings. The number of nitro benzene ring substituents is 1. The number of furan rings is 1. The van der Waals surface area contributed by atoms with E-state index in [9.17, 15) is 10.1 Å². The Bertz CT molecular complexity index is 567. The molecular weight excluding hydrogens is 260 g/mol. The molecule has 0 saturated heterocycles. The van der Waals surface area contributed by atoms with Gasteiger partial charge in [-0.1, -0.05) is 0 Å². The molecule has 2 rings (SSSR count). The second-order valence-corrected chi connectivity index (χ2v) is 4.21. The summed E-state index contributed by atoms with van der Waals surface area (Å²) >= 11 is 0. The molecule has 0 spiro atoms. The van der Waals surface area contributed by atoms with Crippen molar-refractivity contribution in [3.8, 4) is 0 Å². The number of nitrogens with one attached hydrogen (secondary N) is 1. The molecule has 0 fully saturated rings. The first-order chi connectivity index (χ1) is 9.70. The largest absolute Gasteiger partial charge is 0.467 e. The first kappa shape index (κ1) is 14.1. The molecule has 6 nitrogen and oxygen atoms in total. The molecule has 0 aliphatic carbocycles. The van der Waals surface area contributed by atoms with Gasteiger partial charge in [-0.3, -0.25) is 10.1 Å². The highest BCUT2D eigenvalue weighted by atomic mass is 16.6. The number of nitro groups is 1. The first-order valence-corrected chi connectivity index (χ1v) is 6.32. The average Bonchev–Trinajstić information content (AvgIpc) is 2.92. The Hall–Kier alpha value is -2.34. The van der Waals surface area contributed by atoms with Crippen LogP contribution in [0.3, 0.4) is 0 Å². The van der Waals surface area contributed by atoms with E-state index in [2.05, 4.69) is 5.32 Å². The van der Waals surface area contributed by atoms with Crippen molar-refractivity contribution >= 4 is 11.4 Å². The molecule has 0 amide bonds. The summed E-state index contributed by atoms with van der Waals surface area (Å²) in [5.41, 5.74) is 1.45. The molecule has 0 aliphatic heterocycles. The summed E-state index contributed by atoms with van der Waals surface area (Å²) < 4.78 is 10.7. The van der Waals surface area contributed by atoms with Gasteiger partial charge in [0.2, 0.25) is 0 Å². The lowest BCUT2D eigenvalue weighted by Crippen LogP contribution is -2.02. The van der Waals surface area contributed by atoms with Crippen LogP contribution in [0.4, 0.5) is 11.4 Å². The highest BCUT2D eigenvalue weighted by Crippen LogP contribution is 2.25. The Labute approximate surface area is 116 Å². The van der Waals surface area contributed by atoms with Gasteiger partial charge >= 0.3 is 0 Å². The van der Waals surface area contributed by atoms with Crippen molar-refractivity contribution in [1.29, 1.82) is 0 Å². The molecule has 20 heavy (non-hydrogen) atoms. The monoisotopic (exact) mass is 276 g/mol. The smallest absolute Gasteiger partial charge is 0.292 e. The Balaban J connectivity index is 2.01. The van der Waals surface area contributed by atoms with E-state index in [0.717, 1.165) is 11.3 Å². The van der Waals surface area contributed by atoms with Gasteiger partial charge in [0.15, 0.2) is 0 Å². The summed E-state index contributed by atoms with van der Waals surface area (Å²) in [5.74, 6) is 0.749. The van der Waals surface area contributed by atoms with Crippen molar-refractivity contribution in [3.63, 3.8) is 0 Å². The van der Waals surface area contributed by atoms with E-state index in [0.29, 0.717) is 25.4 Å². The van der Waals surface area contributed by atoms with Gasteiger partial charge in [0, 0.05) is 12.6 Å². The van der Waals surface area contributed by atoms with E-state index < -0.39 is 4.92 Å². The maximum atomic E-state index is 10.9. The van der Waals surface area contributed by atoms with Gasteiger partial charge in [-0.15, -0.1) is 0 Å². The predicted molar refractivity (Wildman–Crippen MR) is 74.5 cm³/mol. The lowest BCUT2D eigenvalue weighted by Gasteiger charge is -2.08. The van der Waals surface area contributed by atoms with Crippen molar-refractivity contribution in [2.45, 2.75) is 20.1 Å². The number of hydrogen-bond acceptors (Lipinski definition) is 5. The van der Waals surface area contributed by atoms with Crippen LogP contribution >= 0.6 is 0 Å². The molecule has 1 N–H and O–H groups in total. The zero-order valence-electron chi connectivity index (χ0n) is 11.2. The van der Waals surface area contributed by atoms with Gasteiger partial charge in [-0.2, -0.15) is 0 Å². The van der Waals surface area contributed by atoms with Crippen molar-refractivity contribution in [3.05, 3.63) is 58.0 Å². The summed E-state index contributed by atoms with van der Waals surface area (Å²) in [6, 6.07) is 8.56. The molecule has 0 radical (unpaired) electrons. The van der Waals surface area contributed by atoms with E-state index >= 15 is 0 Å². The topological polar surface area (TPSA) is 77.5 Å². The highest BCUT2D eigenvalue weighted by molar-refractivity contribution is 5.62. The summed E-state index contributed by atoms with van der Waals surface area (Å²) in [6.45, 7) is 3.26. The second-order valence-electron chi connectivity index (χ2n) is 4.21. The van der Waals surface area contributed by atoms with E-state index in [4.69, 9.17) is 9.15 Å². The normalized spacial score (nSPS) is 10.4. The zero-order valence-corrected chi connectivity index (χ0v) is 11.2. The minimum atomic E-state index is -0.397. The Morgan fingerprint density at radius 1 is 1.35 bits per heavy atom. The molecule has 0 aliphatic rings. The number of ether oxygens (including phenoxy) is 1. The predicted octanol–water partition coefficient (Wildman–Crippen LogP) is 3.34. The molecule has 0 bridgehead atoms. The fourth-order valence-electron chi connectivity index (χ4n) is 1.83. The Morgan fingerprint density at radius 3 is 2.85 bits per heavy atom. The van der Waals surface area contributed by atoms with Crippen LogP contribution in [0.15, 0.2) is 41.0 Å².